The molecule has 0 unspecified atom stereocenters. The van der Waals surface area contributed by atoms with E-state index in [1.165, 1.54) is 16.0 Å². The molecular weight excluding hydrogens is 278 g/mol. The molecule has 0 spiro atoms. The van der Waals surface area contributed by atoms with Crippen LogP contribution in [0.25, 0.3) is 28.6 Å². The van der Waals surface area contributed by atoms with Gasteiger partial charge in [0.1, 0.15) is 11.4 Å². The van der Waals surface area contributed by atoms with Crippen LogP contribution in [0.5, 0.6) is 0 Å². The zero-order valence-electron chi connectivity index (χ0n) is 9.96. The fourth-order valence-corrected chi connectivity index (χ4v) is 2.26. The first kappa shape index (κ1) is 11.1. The molecule has 20 heavy (non-hydrogen) atoms. The van der Waals surface area contributed by atoms with Crippen LogP contribution in [-0.4, -0.2) is 29.2 Å². The Labute approximate surface area is 116 Å². The number of anilines is 1. The molecule has 4 heterocycles. The topological polar surface area (TPSA) is 108 Å². The number of hydrogen-bond donors (Lipinski definition) is 1. The smallest absolute Gasteiger partial charge is 0.225 e. The van der Waals surface area contributed by atoms with E-state index in [-0.39, 0.29) is 5.95 Å². The molecule has 0 saturated heterocycles. The molecule has 4 aromatic heterocycles. The monoisotopic (exact) mass is 285 g/mol. The maximum absolute atomic E-state index is 5.90. The van der Waals surface area contributed by atoms with Gasteiger partial charge in [0.05, 0.1) is 6.26 Å². The van der Waals surface area contributed by atoms with Crippen molar-refractivity contribution in [3.63, 3.8) is 0 Å². The van der Waals surface area contributed by atoms with Gasteiger partial charge in [-0.15, -0.1) is 5.10 Å². The lowest BCUT2D eigenvalue weighted by Gasteiger charge is -1.99. The SMILES string of the molecule is Nc1nc(-c2csnn2)nc2cc(-c3ccco3)nn12. The van der Waals surface area contributed by atoms with E-state index in [0.717, 1.165) is 0 Å². The Morgan fingerprint density at radius 1 is 1.25 bits per heavy atom. The van der Waals surface area contributed by atoms with Gasteiger partial charge in [0.2, 0.25) is 5.95 Å². The van der Waals surface area contributed by atoms with E-state index in [1.54, 1.807) is 23.8 Å². The Bertz CT molecular complexity index is 866. The molecule has 0 aliphatic carbocycles. The molecule has 8 nitrogen and oxygen atoms in total. The third-order valence-electron chi connectivity index (χ3n) is 2.71. The molecule has 0 fully saturated rings. The molecule has 0 radical (unpaired) electrons. The molecular formula is C11H7N7OS. The maximum Gasteiger partial charge on any atom is 0.225 e. The maximum atomic E-state index is 5.90. The summed E-state index contributed by atoms with van der Waals surface area (Å²) in [7, 11) is 0. The minimum Gasteiger partial charge on any atom is -0.463 e. The van der Waals surface area contributed by atoms with Gasteiger partial charge in [-0.25, -0.2) is 4.98 Å². The molecule has 2 N–H and O–H groups in total. The fourth-order valence-electron chi connectivity index (χ4n) is 1.83. The Morgan fingerprint density at radius 3 is 2.95 bits per heavy atom. The number of rotatable bonds is 2. The van der Waals surface area contributed by atoms with Gasteiger partial charge in [-0.2, -0.15) is 14.6 Å². The number of hydrogen-bond acceptors (Lipinski definition) is 8. The molecule has 0 aliphatic heterocycles. The van der Waals surface area contributed by atoms with Gasteiger partial charge in [0.15, 0.2) is 17.2 Å². The first-order valence-corrected chi connectivity index (χ1v) is 6.49. The van der Waals surface area contributed by atoms with Crippen LogP contribution < -0.4 is 5.73 Å². The van der Waals surface area contributed by atoms with E-state index in [2.05, 4.69) is 24.7 Å². The van der Waals surface area contributed by atoms with Gasteiger partial charge in [-0.3, -0.25) is 0 Å². The van der Waals surface area contributed by atoms with E-state index < -0.39 is 0 Å². The molecule has 0 saturated carbocycles. The summed E-state index contributed by atoms with van der Waals surface area (Å²) >= 11 is 1.23. The van der Waals surface area contributed by atoms with Crippen molar-refractivity contribution in [2.75, 3.05) is 5.73 Å². The lowest BCUT2D eigenvalue weighted by Crippen LogP contribution is -2.05. The minimum absolute atomic E-state index is 0.232. The fraction of sp³-hybridized carbons (Fsp3) is 0. The number of nitrogen functional groups attached to an aromatic ring is 1. The summed E-state index contributed by atoms with van der Waals surface area (Å²) in [6.07, 6.45) is 1.58. The van der Waals surface area contributed by atoms with Crippen LogP contribution in [-0.2, 0) is 0 Å². The van der Waals surface area contributed by atoms with Crippen molar-refractivity contribution < 1.29 is 4.42 Å². The standard InChI is InChI=1S/C11H7N7OS/c12-11-14-10(7-5-20-17-15-7)13-9-4-6(16-18(9)11)8-2-1-3-19-8/h1-5H,(H2,12,13,14). The first-order chi connectivity index (χ1) is 9.81. The van der Waals surface area contributed by atoms with Crippen molar-refractivity contribution in [3.8, 4) is 23.0 Å². The summed E-state index contributed by atoms with van der Waals surface area (Å²) in [5, 5.41) is 10.0. The predicted octanol–water partition coefficient (Wildman–Crippen LogP) is 1.48. The summed E-state index contributed by atoms with van der Waals surface area (Å²) in [5.41, 5.74) is 7.71. The highest BCUT2D eigenvalue weighted by molar-refractivity contribution is 7.03. The van der Waals surface area contributed by atoms with Crippen LogP contribution >= 0.6 is 11.5 Å². The average molecular weight is 285 g/mol. The van der Waals surface area contributed by atoms with Gasteiger partial charge < -0.3 is 10.2 Å². The first-order valence-electron chi connectivity index (χ1n) is 5.66. The summed E-state index contributed by atoms with van der Waals surface area (Å²) in [5.74, 6) is 1.30. The van der Waals surface area contributed by atoms with Gasteiger partial charge in [0.25, 0.3) is 0 Å². The van der Waals surface area contributed by atoms with Crippen molar-refractivity contribution in [1.82, 2.24) is 29.2 Å². The summed E-state index contributed by atoms with van der Waals surface area (Å²) < 4.78 is 10.6. The second-order valence-electron chi connectivity index (χ2n) is 3.97. The predicted molar refractivity (Wildman–Crippen MR) is 71.8 cm³/mol. The lowest BCUT2D eigenvalue weighted by atomic mass is 10.3. The summed E-state index contributed by atoms with van der Waals surface area (Å²) in [6, 6.07) is 5.39. The molecule has 0 aliphatic rings. The highest BCUT2D eigenvalue weighted by atomic mass is 32.1. The van der Waals surface area contributed by atoms with Crippen LogP contribution in [0.15, 0.2) is 34.3 Å². The van der Waals surface area contributed by atoms with Gasteiger partial charge in [-0.05, 0) is 23.7 Å². The normalized spacial score (nSPS) is 11.2. The van der Waals surface area contributed by atoms with E-state index in [9.17, 15) is 0 Å². The zero-order valence-corrected chi connectivity index (χ0v) is 10.8. The zero-order chi connectivity index (χ0) is 13.5. The third kappa shape index (κ3) is 1.64. The number of nitrogens with two attached hydrogens (primary N) is 1. The van der Waals surface area contributed by atoms with E-state index in [1.807, 2.05) is 6.07 Å². The molecule has 4 rings (SSSR count). The van der Waals surface area contributed by atoms with Gasteiger partial charge in [-0.1, -0.05) is 4.49 Å². The molecule has 0 aromatic carbocycles. The van der Waals surface area contributed by atoms with Crippen molar-refractivity contribution >= 4 is 23.1 Å². The Balaban J connectivity index is 1.92. The molecule has 4 aromatic rings. The number of nitrogens with zero attached hydrogens (tertiary/aromatic N) is 6. The van der Waals surface area contributed by atoms with Crippen molar-refractivity contribution in [2.45, 2.75) is 0 Å². The van der Waals surface area contributed by atoms with Crippen LogP contribution in [0.4, 0.5) is 5.95 Å². The quantitative estimate of drug-likeness (QED) is 0.594. The Hall–Kier alpha value is -2.81. The highest BCUT2D eigenvalue weighted by Gasteiger charge is 2.13. The molecule has 0 amide bonds. The van der Waals surface area contributed by atoms with Crippen LogP contribution in [0, 0.1) is 0 Å². The number of aromatic nitrogens is 6. The molecule has 98 valence electrons. The van der Waals surface area contributed by atoms with Crippen LogP contribution in [0.2, 0.25) is 0 Å². The Morgan fingerprint density at radius 2 is 2.20 bits per heavy atom. The molecule has 9 heteroatoms. The molecule has 0 bridgehead atoms. The van der Waals surface area contributed by atoms with E-state index in [0.29, 0.717) is 28.6 Å². The van der Waals surface area contributed by atoms with Crippen LogP contribution in [0.1, 0.15) is 0 Å². The van der Waals surface area contributed by atoms with E-state index in [4.69, 9.17) is 10.2 Å². The van der Waals surface area contributed by atoms with Gasteiger partial charge in [0, 0.05) is 11.4 Å². The minimum atomic E-state index is 0.232. The number of furan rings is 1. The second-order valence-corrected chi connectivity index (χ2v) is 4.58. The molecule has 0 atom stereocenters. The average Bonchev–Trinajstić information content (AvgIpc) is 3.19. The highest BCUT2D eigenvalue weighted by Crippen LogP contribution is 2.22. The van der Waals surface area contributed by atoms with Crippen molar-refractivity contribution in [3.05, 3.63) is 29.8 Å². The van der Waals surface area contributed by atoms with Crippen molar-refractivity contribution in [2.24, 2.45) is 0 Å². The number of fused-ring (bicyclic) bond motifs is 1. The third-order valence-corrected chi connectivity index (χ3v) is 3.22. The van der Waals surface area contributed by atoms with E-state index >= 15 is 0 Å². The Kier molecular flexibility index (Phi) is 2.27. The summed E-state index contributed by atoms with van der Waals surface area (Å²) in [6.45, 7) is 0. The summed E-state index contributed by atoms with van der Waals surface area (Å²) in [4.78, 5) is 8.56. The second kappa shape index (κ2) is 4.10. The van der Waals surface area contributed by atoms with Crippen LogP contribution in [0.3, 0.4) is 0 Å². The lowest BCUT2D eigenvalue weighted by molar-refractivity contribution is 0.579. The van der Waals surface area contributed by atoms with Gasteiger partial charge >= 0.3 is 0 Å². The van der Waals surface area contributed by atoms with Crippen molar-refractivity contribution in [1.29, 1.82) is 0 Å². The largest absolute Gasteiger partial charge is 0.463 e.